The third-order valence-electron chi connectivity index (χ3n) is 2.96. The SMILES string of the molecule is CCn1nc(C)c2c1NC(CCOC)CN2. The molecule has 0 aromatic carbocycles. The molecule has 5 heteroatoms. The molecule has 1 aromatic heterocycles. The van der Waals surface area contributed by atoms with Gasteiger partial charge in [0, 0.05) is 32.8 Å². The van der Waals surface area contributed by atoms with Crippen molar-refractivity contribution in [3.63, 3.8) is 0 Å². The van der Waals surface area contributed by atoms with Crippen LogP contribution < -0.4 is 10.6 Å². The molecule has 0 saturated heterocycles. The average molecular weight is 224 g/mol. The molecule has 1 aromatic rings. The van der Waals surface area contributed by atoms with Gasteiger partial charge in [0.2, 0.25) is 0 Å². The zero-order valence-electron chi connectivity index (χ0n) is 10.2. The maximum Gasteiger partial charge on any atom is 0.148 e. The maximum atomic E-state index is 5.10. The predicted octanol–water partition coefficient (Wildman–Crippen LogP) is 1.45. The minimum absolute atomic E-state index is 0.425. The van der Waals surface area contributed by atoms with Crippen LogP contribution in [0.3, 0.4) is 0 Å². The number of rotatable bonds is 4. The molecule has 0 spiro atoms. The van der Waals surface area contributed by atoms with E-state index in [4.69, 9.17) is 4.74 Å². The molecule has 1 unspecified atom stereocenters. The second-order valence-corrected chi connectivity index (χ2v) is 4.13. The number of ether oxygens (including phenoxy) is 1. The first-order chi connectivity index (χ1) is 7.76. The maximum absolute atomic E-state index is 5.10. The topological polar surface area (TPSA) is 51.1 Å². The van der Waals surface area contributed by atoms with Crippen molar-refractivity contribution in [2.24, 2.45) is 0 Å². The van der Waals surface area contributed by atoms with E-state index in [1.165, 1.54) is 0 Å². The summed E-state index contributed by atoms with van der Waals surface area (Å²) in [7, 11) is 1.74. The Kier molecular flexibility index (Phi) is 3.33. The van der Waals surface area contributed by atoms with Gasteiger partial charge in [0.05, 0.1) is 5.69 Å². The van der Waals surface area contributed by atoms with Gasteiger partial charge in [0.1, 0.15) is 11.5 Å². The minimum atomic E-state index is 0.425. The normalized spacial score (nSPS) is 18.8. The molecule has 0 fully saturated rings. The summed E-state index contributed by atoms with van der Waals surface area (Å²) in [6, 6.07) is 0.425. The second-order valence-electron chi connectivity index (χ2n) is 4.13. The fourth-order valence-electron chi connectivity index (χ4n) is 2.07. The number of hydrogen-bond acceptors (Lipinski definition) is 4. The highest BCUT2D eigenvalue weighted by molar-refractivity contribution is 5.70. The Hall–Kier alpha value is -1.23. The lowest BCUT2D eigenvalue weighted by molar-refractivity contribution is 0.190. The van der Waals surface area contributed by atoms with Crippen LogP contribution in [0.25, 0.3) is 0 Å². The van der Waals surface area contributed by atoms with Gasteiger partial charge >= 0.3 is 0 Å². The lowest BCUT2D eigenvalue weighted by Gasteiger charge is -2.26. The number of nitrogens with one attached hydrogen (secondary N) is 2. The fourth-order valence-corrected chi connectivity index (χ4v) is 2.07. The molecular formula is C11H20N4O. The summed E-state index contributed by atoms with van der Waals surface area (Å²) < 4.78 is 7.11. The Morgan fingerprint density at radius 3 is 3.06 bits per heavy atom. The number of methoxy groups -OCH3 is 1. The van der Waals surface area contributed by atoms with Gasteiger partial charge in [-0.2, -0.15) is 5.10 Å². The monoisotopic (exact) mass is 224 g/mol. The van der Waals surface area contributed by atoms with Crippen LogP contribution in [0.4, 0.5) is 11.5 Å². The summed E-state index contributed by atoms with van der Waals surface area (Å²) in [5.41, 5.74) is 2.21. The molecular weight excluding hydrogens is 204 g/mol. The summed E-state index contributed by atoms with van der Waals surface area (Å²) in [5.74, 6) is 1.12. The van der Waals surface area contributed by atoms with Crippen molar-refractivity contribution in [2.75, 3.05) is 30.9 Å². The Morgan fingerprint density at radius 2 is 2.38 bits per heavy atom. The van der Waals surface area contributed by atoms with Gasteiger partial charge in [-0.05, 0) is 20.3 Å². The van der Waals surface area contributed by atoms with E-state index in [0.29, 0.717) is 6.04 Å². The van der Waals surface area contributed by atoms with Crippen molar-refractivity contribution >= 4 is 11.5 Å². The summed E-state index contributed by atoms with van der Waals surface area (Å²) in [6.45, 7) is 6.75. The van der Waals surface area contributed by atoms with Gasteiger partial charge in [-0.3, -0.25) is 0 Å². The van der Waals surface area contributed by atoms with E-state index in [1.807, 2.05) is 11.6 Å². The lowest BCUT2D eigenvalue weighted by atomic mass is 10.1. The molecule has 16 heavy (non-hydrogen) atoms. The minimum Gasteiger partial charge on any atom is -0.385 e. The van der Waals surface area contributed by atoms with E-state index in [9.17, 15) is 0 Å². The zero-order chi connectivity index (χ0) is 11.5. The van der Waals surface area contributed by atoms with Gasteiger partial charge < -0.3 is 15.4 Å². The molecule has 0 radical (unpaired) electrons. The van der Waals surface area contributed by atoms with Crippen molar-refractivity contribution < 1.29 is 4.74 Å². The van der Waals surface area contributed by atoms with Gasteiger partial charge in [-0.15, -0.1) is 0 Å². The van der Waals surface area contributed by atoms with E-state index >= 15 is 0 Å². The molecule has 1 atom stereocenters. The second kappa shape index (κ2) is 4.74. The summed E-state index contributed by atoms with van der Waals surface area (Å²) in [6.07, 6.45) is 1.01. The van der Waals surface area contributed by atoms with Gasteiger partial charge in [0.25, 0.3) is 0 Å². The van der Waals surface area contributed by atoms with Crippen molar-refractivity contribution in [1.29, 1.82) is 0 Å². The van der Waals surface area contributed by atoms with E-state index in [2.05, 4.69) is 22.7 Å². The first kappa shape index (κ1) is 11.3. The van der Waals surface area contributed by atoms with Gasteiger partial charge in [0.15, 0.2) is 0 Å². The predicted molar refractivity (Wildman–Crippen MR) is 65.0 cm³/mol. The molecule has 0 amide bonds. The first-order valence-electron chi connectivity index (χ1n) is 5.83. The number of anilines is 2. The number of fused-ring (bicyclic) bond motifs is 1. The zero-order valence-corrected chi connectivity index (χ0v) is 10.2. The van der Waals surface area contributed by atoms with E-state index < -0.39 is 0 Å². The fraction of sp³-hybridized carbons (Fsp3) is 0.727. The molecule has 2 heterocycles. The van der Waals surface area contributed by atoms with Gasteiger partial charge in [-0.1, -0.05) is 0 Å². The number of nitrogens with zero attached hydrogens (tertiary/aromatic N) is 2. The lowest BCUT2D eigenvalue weighted by Crippen LogP contribution is -2.34. The van der Waals surface area contributed by atoms with E-state index in [0.717, 1.165) is 43.3 Å². The highest BCUT2D eigenvalue weighted by Gasteiger charge is 2.22. The highest BCUT2D eigenvalue weighted by atomic mass is 16.5. The van der Waals surface area contributed by atoms with E-state index in [1.54, 1.807) is 7.11 Å². The number of hydrogen-bond donors (Lipinski definition) is 2. The Morgan fingerprint density at radius 1 is 1.56 bits per heavy atom. The Labute approximate surface area is 96.2 Å². The average Bonchev–Trinajstić information content (AvgIpc) is 2.63. The van der Waals surface area contributed by atoms with Crippen LogP contribution >= 0.6 is 0 Å². The standard InChI is InChI=1S/C11H20N4O/c1-4-15-11-10(8(2)14-15)12-7-9(13-11)5-6-16-3/h9,12-13H,4-7H2,1-3H3. The van der Waals surface area contributed by atoms with Crippen LogP contribution in [0, 0.1) is 6.92 Å². The first-order valence-corrected chi connectivity index (χ1v) is 5.83. The number of aromatic nitrogens is 2. The molecule has 1 aliphatic heterocycles. The van der Waals surface area contributed by atoms with Crippen molar-refractivity contribution in [2.45, 2.75) is 32.9 Å². The Bertz CT molecular complexity index is 361. The van der Waals surface area contributed by atoms with Crippen molar-refractivity contribution in [1.82, 2.24) is 9.78 Å². The molecule has 0 aliphatic carbocycles. The Balaban J connectivity index is 2.12. The molecule has 0 saturated carbocycles. The highest BCUT2D eigenvalue weighted by Crippen LogP contribution is 2.29. The third-order valence-corrected chi connectivity index (χ3v) is 2.96. The molecule has 1 aliphatic rings. The molecule has 5 nitrogen and oxygen atoms in total. The van der Waals surface area contributed by atoms with Crippen LogP contribution in [0.5, 0.6) is 0 Å². The molecule has 2 N–H and O–H groups in total. The van der Waals surface area contributed by atoms with Crippen LogP contribution in [0.2, 0.25) is 0 Å². The third kappa shape index (κ3) is 2.00. The summed E-state index contributed by atoms with van der Waals surface area (Å²) in [4.78, 5) is 0. The molecule has 0 bridgehead atoms. The van der Waals surface area contributed by atoms with Crippen LogP contribution in [-0.2, 0) is 11.3 Å². The largest absolute Gasteiger partial charge is 0.385 e. The van der Waals surface area contributed by atoms with Crippen molar-refractivity contribution in [3.8, 4) is 0 Å². The van der Waals surface area contributed by atoms with Crippen molar-refractivity contribution in [3.05, 3.63) is 5.69 Å². The number of aryl methyl sites for hydroxylation is 2. The van der Waals surface area contributed by atoms with Crippen LogP contribution in [0.15, 0.2) is 0 Å². The van der Waals surface area contributed by atoms with Gasteiger partial charge in [-0.25, -0.2) is 4.68 Å². The summed E-state index contributed by atoms with van der Waals surface area (Å²) >= 11 is 0. The summed E-state index contributed by atoms with van der Waals surface area (Å²) in [5, 5.41) is 11.5. The smallest absolute Gasteiger partial charge is 0.148 e. The van der Waals surface area contributed by atoms with Crippen LogP contribution in [-0.4, -0.2) is 36.1 Å². The molecule has 90 valence electrons. The quantitative estimate of drug-likeness (QED) is 0.813. The van der Waals surface area contributed by atoms with E-state index in [-0.39, 0.29) is 0 Å². The van der Waals surface area contributed by atoms with Crippen LogP contribution in [0.1, 0.15) is 19.0 Å². The molecule has 2 rings (SSSR count).